The summed E-state index contributed by atoms with van der Waals surface area (Å²) < 4.78 is 5.39. The second-order valence-electron chi connectivity index (χ2n) is 5.93. The van der Waals surface area contributed by atoms with Gasteiger partial charge in [-0.3, -0.25) is 0 Å². The Morgan fingerprint density at radius 1 is 1.25 bits per heavy atom. The molecule has 1 aliphatic carbocycles. The zero-order valence-electron chi connectivity index (χ0n) is 11.9. The Hall–Kier alpha value is -1.84. The van der Waals surface area contributed by atoms with Gasteiger partial charge in [0.05, 0.1) is 6.42 Å². The minimum atomic E-state index is 0.475. The molecule has 2 unspecified atom stereocenters. The predicted octanol–water partition coefficient (Wildman–Crippen LogP) is 3.54. The van der Waals surface area contributed by atoms with Crippen LogP contribution in [0.25, 0.3) is 0 Å². The zero-order chi connectivity index (χ0) is 13.9. The third-order valence-corrected chi connectivity index (χ3v) is 4.12. The van der Waals surface area contributed by atoms with Gasteiger partial charge in [0.25, 0.3) is 0 Å². The van der Waals surface area contributed by atoms with E-state index in [1.54, 1.807) is 0 Å². The molecule has 0 radical (unpaired) electrons. The fraction of sp³-hybridized carbons (Fsp3) is 0.500. The SMILES string of the molecule is CC1CCCC(c2noc(Cc3ccc(N)cc3)n2)C1. The molecule has 1 saturated carbocycles. The van der Waals surface area contributed by atoms with Crippen molar-refractivity contribution < 1.29 is 4.52 Å². The second kappa shape index (κ2) is 5.65. The van der Waals surface area contributed by atoms with E-state index >= 15 is 0 Å². The van der Waals surface area contributed by atoms with E-state index < -0.39 is 0 Å². The van der Waals surface area contributed by atoms with Crippen molar-refractivity contribution in [2.75, 3.05) is 5.73 Å². The van der Waals surface area contributed by atoms with Gasteiger partial charge in [0.15, 0.2) is 5.82 Å². The molecule has 2 atom stereocenters. The lowest BCUT2D eigenvalue weighted by Crippen LogP contribution is -2.12. The van der Waals surface area contributed by atoms with E-state index in [-0.39, 0.29) is 0 Å². The summed E-state index contributed by atoms with van der Waals surface area (Å²) in [5, 5.41) is 4.18. The first-order valence-corrected chi connectivity index (χ1v) is 7.37. The minimum absolute atomic E-state index is 0.475. The summed E-state index contributed by atoms with van der Waals surface area (Å²) in [5.74, 6) is 2.83. The van der Waals surface area contributed by atoms with Crippen molar-refractivity contribution >= 4 is 5.69 Å². The van der Waals surface area contributed by atoms with Gasteiger partial charge in [-0.2, -0.15) is 4.98 Å². The molecule has 3 rings (SSSR count). The van der Waals surface area contributed by atoms with Crippen LogP contribution in [-0.4, -0.2) is 10.1 Å². The molecule has 1 aromatic carbocycles. The molecule has 0 aliphatic heterocycles. The molecule has 2 aromatic rings. The maximum absolute atomic E-state index is 5.68. The smallest absolute Gasteiger partial charge is 0.231 e. The molecule has 2 N–H and O–H groups in total. The molecule has 4 heteroatoms. The highest BCUT2D eigenvalue weighted by molar-refractivity contribution is 5.39. The molecular weight excluding hydrogens is 250 g/mol. The van der Waals surface area contributed by atoms with Gasteiger partial charge in [-0.1, -0.05) is 37.1 Å². The van der Waals surface area contributed by atoms with Crippen molar-refractivity contribution in [3.8, 4) is 0 Å². The van der Waals surface area contributed by atoms with Crippen LogP contribution in [0.15, 0.2) is 28.8 Å². The number of hydrogen-bond donors (Lipinski definition) is 1. The quantitative estimate of drug-likeness (QED) is 0.867. The summed E-state index contributed by atoms with van der Waals surface area (Å²) in [4.78, 5) is 4.58. The van der Waals surface area contributed by atoms with Gasteiger partial charge in [0, 0.05) is 11.6 Å². The Morgan fingerprint density at radius 2 is 2.05 bits per heavy atom. The average molecular weight is 271 g/mol. The van der Waals surface area contributed by atoms with Gasteiger partial charge in [-0.25, -0.2) is 0 Å². The van der Waals surface area contributed by atoms with Crippen LogP contribution < -0.4 is 5.73 Å². The Labute approximate surface area is 119 Å². The van der Waals surface area contributed by atoms with Gasteiger partial charge in [0.2, 0.25) is 5.89 Å². The van der Waals surface area contributed by atoms with Crippen LogP contribution in [0.2, 0.25) is 0 Å². The maximum Gasteiger partial charge on any atom is 0.231 e. The highest BCUT2D eigenvalue weighted by Crippen LogP contribution is 2.34. The predicted molar refractivity (Wildman–Crippen MR) is 78.3 cm³/mol. The second-order valence-corrected chi connectivity index (χ2v) is 5.93. The van der Waals surface area contributed by atoms with Crippen molar-refractivity contribution in [3.05, 3.63) is 41.5 Å². The number of rotatable bonds is 3. The summed E-state index contributed by atoms with van der Waals surface area (Å²) in [6.07, 6.45) is 5.64. The molecular formula is C16H21N3O. The summed E-state index contributed by atoms with van der Waals surface area (Å²) in [7, 11) is 0. The van der Waals surface area contributed by atoms with Crippen molar-refractivity contribution in [2.45, 2.75) is 44.9 Å². The van der Waals surface area contributed by atoms with Crippen molar-refractivity contribution in [1.82, 2.24) is 10.1 Å². The van der Waals surface area contributed by atoms with E-state index in [0.29, 0.717) is 18.2 Å². The molecule has 1 heterocycles. The van der Waals surface area contributed by atoms with Crippen LogP contribution >= 0.6 is 0 Å². The van der Waals surface area contributed by atoms with E-state index in [2.05, 4.69) is 17.1 Å². The molecule has 1 aliphatic rings. The Morgan fingerprint density at radius 3 is 2.80 bits per heavy atom. The Bertz CT molecular complexity index is 561. The van der Waals surface area contributed by atoms with Crippen LogP contribution in [0.1, 0.15) is 55.8 Å². The third kappa shape index (κ3) is 3.00. The number of nitrogens with zero attached hydrogens (tertiary/aromatic N) is 2. The number of nitrogen functional groups attached to an aromatic ring is 1. The van der Waals surface area contributed by atoms with E-state index in [9.17, 15) is 0 Å². The molecule has 4 nitrogen and oxygen atoms in total. The topological polar surface area (TPSA) is 64.9 Å². The summed E-state index contributed by atoms with van der Waals surface area (Å²) in [6.45, 7) is 2.31. The first kappa shape index (κ1) is 13.2. The lowest BCUT2D eigenvalue weighted by molar-refractivity contribution is 0.320. The summed E-state index contributed by atoms with van der Waals surface area (Å²) in [5.41, 5.74) is 7.60. The number of aromatic nitrogens is 2. The minimum Gasteiger partial charge on any atom is -0.399 e. The van der Waals surface area contributed by atoms with Gasteiger partial charge in [-0.05, 0) is 36.5 Å². The van der Waals surface area contributed by atoms with Gasteiger partial charge in [-0.15, -0.1) is 0 Å². The van der Waals surface area contributed by atoms with Crippen LogP contribution in [0.5, 0.6) is 0 Å². The van der Waals surface area contributed by atoms with E-state index in [0.717, 1.165) is 23.0 Å². The third-order valence-electron chi connectivity index (χ3n) is 4.12. The number of nitrogens with two attached hydrogens (primary N) is 1. The number of benzene rings is 1. The number of anilines is 1. The van der Waals surface area contributed by atoms with Gasteiger partial charge < -0.3 is 10.3 Å². The molecule has 0 spiro atoms. The van der Waals surface area contributed by atoms with E-state index in [4.69, 9.17) is 10.3 Å². The number of hydrogen-bond acceptors (Lipinski definition) is 4. The molecule has 0 amide bonds. The summed E-state index contributed by atoms with van der Waals surface area (Å²) >= 11 is 0. The van der Waals surface area contributed by atoms with Crippen LogP contribution in [0.4, 0.5) is 5.69 Å². The normalized spacial score (nSPS) is 22.9. The molecule has 0 saturated heterocycles. The van der Waals surface area contributed by atoms with Crippen molar-refractivity contribution in [2.24, 2.45) is 5.92 Å². The highest BCUT2D eigenvalue weighted by atomic mass is 16.5. The molecule has 1 aromatic heterocycles. The lowest BCUT2D eigenvalue weighted by atomic mass is 9.82. The molecule has 20 heavy (non-hydrogen) atoms. The van der Waals surface area contributed by atoms with Crippen LogP contribution in [0.3, 0.4) is 0 Å². The average Bonchev–Trinajstić information content (AvgIpc) is 2.90. The van der Waals surface area contributed by atoms with Gasteiger partial charge >= 0.3 is 0 Å². The van der Waals surface area contributed by atoms with Crippen molar-refractivity contribution in [1.29, 1.82) is 0 Å². The highest BCUT2D eigenvalue weighted by Gasteiger charge is 2.24. The largest absolute Gasteiger partial charge is 0.399 e. The summed E-state index contributed by atoms with van der Waals surface area (Å²) in [6, 6.07) is 7.80. The van der Waals surface area contributed by atoms with Crippen molar-refractivity contribution in [3.63, 3.8) is 0 Å². The van der Waals surface area contributed by atoms with E-state index in [1.165, 1.54) is 25.7 Å². The van der Waals surface area contributed by atoms with Crippen LogP contribution in [0, 0.1) is 5.92 Å². The first-order chi connectivity index (χ1) is 9.70. The zero-order valence-corrected chi connectivity index (χ0v) is 11.9. The Kier molecular flexibility index (Phi) is 3.72. The maximum atomic E-state index is 5.68. The fourth-order valence-electron chi connectivity index (χ4n) is 2.98. The standard InChI is InChI=1S/C16H21N3O/c1-11-3-2-4-13(9-11)16-18-15(20-19-16)10-12-5-7-14(17)8-6-12/h5-8,11,13H,2-4,9-10,17H2,1H3. The molecule has 106 valence electrons. The van der Waals surface area contributed by atoms with Gasteiger partial charge in [0.1, 0.15) is 0 Å². The fourth-order valence-corrected chi connectivity index (χ4v) is 2.98. The monoisotopic (exact) mass is 271 g/mol. The van der Waals surface area contributed by atoms with Crippen LogP contribution in [-0.2, 0) is 6.42 Å². The van der Waals surface area contributed by atoms with E-state index in [1.807, 2.05) is 24.3 Å². The molecule has 1 fully saturated rings. The Balaban J connectivity index is 1.68. The molecule has 0 bridgehead atoms. The first-order valence-electron chi connectivity index (χ1n) is 7.37. The lowest BCUT2D eigenvalue weighted by Gasteiger charge is -2.23.